The van der Waals surface area contributed by atoms with Crippen molar-refractivity contribution in [2.75, 3.05) is 13.1 Å². The van der Waals surface area contributed by atoms with Crippen molar-refractivity contribution in [3.63, 3.8) is 0 Å². The molecule has 1 aliphatic carbocycles. The van der Waals surface area contributed by atoms with Crippen molar-refractivity contribution in [3.8, 4) is 0 Å². The van der Waals surface area contributed by atoms with E-state index in [1.165, 1.54) is 24.0 Å². The normalized spacial score (nSPS) is 22.4. The van der Waals surface area contributed by atoms with Crippen molar-refractivity contribution in [1.29, 1.82) is 0 Å². The second-order valence-corrected chi connectivity index (χ2v) is 5.75. The lowest BCUT2D eigenvalue weighted by atomic mass is 10.1. The molecule has 1 atom stereocenters. The molecule has 0 spiro atoms. The molecule has 1 aromatic rings. The molecule has 102 valence electrons. The van der Waals surface area contributed by atoms with E-state index in [0.717, 1.165) is 32.4 Å². The summed E-state index contributed by atoms with van der Waals surface area (Å²) < 4.78 is 0. The van der Waals surface area contributed by atoms with E-state index in [1.54, 1.807) is 0 Å². The summed E-state index contributed by atoms with van der Waals surface area (Å²) in [4.78, 5) is 12.2. The quantitative estimate of drug-likeness (QED) is 0.862. The number of carbonyl (C=O) groups excluding carboxylic acids is 1. The molecular weight excluding hydrogens is 236 g/mol. The van der Waals surface area contributed by atoms with Crippen LogP contribution in [-0.4, -0.2) is 25.0 Å². The third-order valence-electron chi connectivity index (χ3n) is 4.38. The van der Waals surface area contributed by atoms with Crippen LogP contribution in [0.5, 0.6) is 0 Å². The maximum Gasteiger partial charge on any atom is 0.223 e. The average Bonchev–Trinajstić information content (AvgIpc) is 3.07. The molecule has 1 heterocycles. The molecule has 3 rings (SSSR count). The highest BCUT2D eigenvalue weighted by atomic mass is 16.1. The minimum Gasteiger partial charge on any atom is -0.356 e. The fraction of sp³-hybridized carbons (Fsp3) is 0.562. The molecule has 3 heteroatoms. The molecule has 0 radical (unpaired) electrons. The number of fused-ring (bicyclic) bond motifs is 1. The topological polar surface area (TPSA) is 41.1 Å². The molecule has 3 nitrogen and oxygen atoms in total. The Hall–Kier alpha value is -1.35. The molecule has 1 saturated heterocycles. The van der Waals surface area contributed by atoms with E-state index < -0.39 is 0 Å². The summed E-state index contributed by atoms with van der Waals surface area (Å²) in [5.41, 5.74) is 2.69. The van der Waals surface area contributed by atoms with E-state index in [9.17, 15) is 4.79 Å². The summed E-state index contributed by atoms with van der Waals surface area (Å²) in [7, 11) is 0. The van der Waals surface area contributed by atoms with E-state index in [1.807, 2.05) is 0 Å². The molecular formula is C16H22N2O. The number of amides is 1. The van der Waals surface area contributed by atoms with Crippen LogP contribution >= 0.6 is 0 Å². The Morgan fingerprint density at radius 2 is 2.00 bits per heavy atom. The zero-order valence-corrected chi connectivity index (χ0v) is 11.3. The predicted octanol–water partition coefficient (Wildman–Crippen LogP) is 1.66. The SMILES string of the molecule is O=C(NCC[C@@H]1CCCN1)C1Cc2ccccc2C1. The first kappa shape index (κ1) is 12.7. The van der Waals surface area contributed by atoms with Gasteiger partial charge in [0.15, 0.2) is 0 Å². The number of hydrogen-bond donors (Lipinski definition) is 2. The number of nitrogens with one attached hydrogen (secondary N) is 2. The van der Waals surface area contributed by atoms with E-state index in [-0.39, 0.29) is 11.8 Å². The lowest BCUT2D eigenvalue weighted by Crippen LogP contribution is -2.34. The minimum absolute atomic E-state index is 0.147. The van der Waals surface area contributed by atoms with E-state index >= 15 is 0 Å². The Balaban J connectivity index is 1.44. The van der Waals surface area contributed by atoms with Gasteiger partial charge in [-0.15, -0.1) is 0 Å². The first-order valence-electron chi connectivity index (χ1n) is 7.41. The average molecular weight is 258 g/mol. The first-order valence-corrected chi connectivity index (χ1v) is 7.41. The third-order valence-corrected chi connectivity index (χ3v) is 4.38. The number of carbonyl (C=O) groups is 1. The van der Waals surface area contributed by atoms with Crippen LogP contribution in [0.3, 0.4) is 0 Å². The highest BCUT2D eigenvalue weighted by Crippen LogP contribution is 2.26. The maximum absolute atomic E-state index is 12.2. The van der Waals surface area contributed by atoms with E-state index in [4.69, 9.17) is 0 Å². The van der Waals surface area contributed by atoms with Crippen LogP contribution in [0.25, 0.3) is 0 Å². The van der Waals surface area contributed by atoms with Crippen LogP contribution in [0.4, 0.5) is 0 Å². The van der Waals surface area contributed by atoms with Crippen LogP contribution in [-0.2, 0) is 17.6 Å². The summed E-state index contributed by atoms with van der Waals surface area (Å²) in [5, 5.41) is 6.57. The summed E-state index contributed by atoms with van der Waals surface area (Å²) in [6, 6.07) is 9.02. The highest BCUT2D eigenvalue weighted by molar-refractivity contribution is 5.80. The number of benzene rings is 1. The van der Waals surface area contributed by atoms with Gasteiger partial charge in [-0.05, 0) is 49.8 Å². The van der Waals surface area contributed by atoms with Crippen molar-refractivity contribution in [3.05, 3.63) is 35.4 Å². The summed E-state index contributed by atoms with van der Waals surface area (Å²) in [6.07, 6.45) is 5.40. The van der Waals surface area contributed by atoms with Gasteiger partial charge < -0.3 is 10.6 Å². The van der Waals surface area contributed by atoms with Crippen LogP contribution in [0.2, 0.25) is 0 Å². The van der Waals surface area contributed by atoms with Crippen molar-refractivity contribution < 1.29 is 4.79 Å². The molecule has 1 aromatic carbocycles. The second kappa shape index (κ2) is 5.74. The van der Waals surface area contributed by atoms with E-state index in [0.29, 0.717) is 6.04 Å². The van der Waals surface area contributed by atoms with Crippen molar-refractivity contribution >= 4 is 5.91 Å². The minimum atomic E-state index is 0.147. The van der Waals surface area contributed by atoms with Gasteiger partial charge in [-0.25, -0.2) is 0 Å². The Kier molecular flexibility index (Phi) is 3.83. The second-order valence-electron chi connectivity index (χ2n) is 5.75. The lowest BCUT2D eigenvalue weighted by Gasteiger charge is -2.13. The molecule has 0 saturated carbocycles. The van der Waals surface area contributed by atoms with Gasteiger partial charge in [0.05, 0.1) is 0 Å². The first-order chi connectivity index (χ1) is 9.33. The van der Waals surface area contributed by atoms with Crippen molar-refractivity contribution in [1.82, 2.24) is 10.6 Å². The van der Waals surface area contributed by atoms with Gasteiger partial charge in [0.25, 0.3) is 0 Å². The molecule has 0 unspecified atom stereocenters. The van der Waals surface area contributed by atoms with Gasteiger partial charge in [0.2, 0.25) is 5.91 Å². The fourth-order valence-corrected chi connectivity index (χ4v) is 3.26. The van der Waals surface area contributed by atoms with Crippen LogP contribution in [0.15, 0.2) is 24.3 Å². The van der Waals surface area contributed by atoms with Gasteiger partial charge in [0.1, 0.15) is 0 Å². The zero-order chi connectivity index (χ0) is 13.1. The lowest BCUT2D eigenvalue weighted by molar-refractivity contribution is -0.124. The molecule has 19 heavy (non-hydrogen) atoms. The van der Waals surface area contributed by atoms with Gasteiger partial charge in [-0.1, -0.05) is 24.3 Å². The molecule has 0 aromatic heterocycles. The van der Waals surface area contributed by atoms with Crippen molar-refractivity contribution in [2.24, 2.45) is 5.92 Å². The largest absolute Gasteiger partial charge is 0.356 e. The molecule has 0 bridgehead atoms. The zero-order valence-electron chi connectivity index (χ0n) is 11.3. The maximum atomic E-state index is 12.2. The Morgan fingerprint density at radius 3 is 2.63 bits per heavy atom. The number of rotatable bonds is 4. The van der Waals surface area contributed by atoms with Gasteiger partial charge in [0, 0.05) is 18.5 Å². The summed E-state index contributed by atoms with van der Waals surface area (Å²) in [5.74, 6) is 0.378. The molecule has 1 fully saturated rings. The molecule has 1 aliphatic heterocycles. The molecule has 1 amide bonds. The Morgan fingerprint density at radius 1 is 1.26 bits per heavy atom. The van der Waals surface area contributed by atoms with Gasteiger partial charge in [-0.2, -0.15) is 0 Å². The van der Waals surface area contributed by atoms with Crippen LogP contribution < -0.4 is 10.6 Å². The fourth-order valence-electron chi connectivity index (χ4n) is 3.26. The third kappa shape index (κ3) is 2.98. The smallest absolute Gasteiger partial charge is 0.223 e. The Bertz CT molecular complexity index is 427. The van der Waals surface area contributed by atoms with Crippen LogP contribution in [0.1, 0.15) is 30.4 Å². The van der Waals surface area contributed by atoms with Gasteiger partial charge in [-0.3, -0.25) is 4.79 Å². The summed E-state index contributed by atoms with van der Waals surface area (Å²) in [6.45, 7) is 1.94. The summed E-state index contributed by atoms with van der Waals surface area (Å²) >= 11 is 0. The Labute approximate surface area is 114 Å². The van der Waals surface area contributed by atoms with E-state index in [2.05, 4.69) is 34.9 Å². The molecule has 2 aliphatic rings. The monoisotopic (exact) mass is 258 g/mol. The van der Waals surface area contributed by atoms with Crippen molar-refractivity contribution in [2.45, 2.75) is 38.1 Å². The van der Waals surface area contributed by atoms with Crippen LogP contribution in [0, 0.1) is 5.92 Å². The van der Waals surface area contributed by atoms with Gasteiger partial charge >= 0.3 is 0 Å². The number of hydrogen-bond acceptors (Lipinski definition) is 2. The highest BCUT2D eigenvalue weighted by Gasteiger charge is 2.26. The standard InChI is InChI=1S/C16H22N2O/c19-16(18-9-7-15-6-3-8-17-15)14-10-12-4-1-2-5-13(12)11-14/h1-2,4-5,14-15,17H,3,6-11H2,(H,18,19)/t15-/m0/s1. The predicted molar refractivity (Wildman–Crippen MR) is 76.0 cm³/mol. The molecule has 2 N–H and O–H groups in total.